The van der Waals surface area contributed by atoms with Gasteiger partial charge in [-0.15, -0.1) is 0 Å². The monoisotopic (exact) mass is 564 g/mol. The molecule has 8 nitrogen and oxygen atoms in total. The van der Waals surface area contributed by atoms with E-state index >= 15 is 0 Å². The molecule has 1 amide bonds. The number of hydrogen-bond donors (Lipinski definition) is 0. The summed E-state index contributed by atoms with van der Waals surface area (Å²) >= 11 is 2.12. The number of likely N-dealkylation sites (N-methyl/N-ethyl adjacent to an activating group) is 1. The number of nitro groups is 1. The number of carbonyl (C=O) groups excluding carboxylic acids is 1. The normalized spacial score (nSPS) is 14.1. The second-order valence-corrected chi connectivity index (χ2v) is 8.92. The first kappa shape index (κ1) is 22.0. The number of fused-ring (bicyclic) bond motifs is 2. The predicted octanol–water partition coefficient (Wildman–Crippen LogP) is 4.81. The van der Waals surface area contributed by atoms with Crippen molar-refractivity contribution in [3.05, 3.63) is 102 Å². The number of aromatic nitrogens is 2. The fraction of sp³-hybridized carbons (Fsp3) is 0.0800. The van der Waals surface area contributed by atoms with E-state index < -0.39 is 4.92 Å². The maximum Gasteiger partial charge on any atom is 0.271 e. The Kier molecular flexibility index (Phi) is 5.48. The van der Waals surface area contributed by atoms with Crippen LogP contribution in [0.5, 0.6) is 0 Å². The number of amides is 1. The first-order valence-corrected chi connectivity index (χ1v) is 11.6. The van der Waals surface area contributed by atoms with E-state index in [4.69, 9.17) is 4.98 Å². The summed E-state index contributed by atoms with van der Waals surface area (Å²) in [6.07, 6.45) is 1.59. The van der Waals surface area contributed by atoms with E-state index in [0.29, 0.717) is 28.7 Å². The zero-order chi connectivity index (χ0) is 24.0. The van der Waals surface area contributed by atoms with E-state index in [1.165, 1.54) is 22.8 Å². The van der Waals surface area contributed by atoms with Crippen LogP contribution in [0.2, 0.25) is 0 Å². The Balaban J connectivity index is 1.83. The maximum atomic E-state index is 13.6. The molecule has 1 aliphatic heterocycles. The van der Waals surface area contributed by atoms with Crippen molar-refractivity contribution in [2.75, 3.05) is 11.4 Å². The van der Waals surface area contributed by atoms with Crippen LogP contribution in [0.4, 0.5) is 11.4 Å². The molecule has 1 aliphatic rings. The summed E-state index contributed by atoms with van der Waals surface area (Å²) in [5.41, 5.74) is 2.20. The fourth-order valence-electron chi connectivity index (χ4n) is 4.16. The highest BCUT2D eigenvalue weighted by Gasteiger charge is 2.31. The van der Waals surface area contributed by atoms with Gasteiger partial charge in [-0.3, -0.25) is 24.3 Å². The van der Waals surface area contributed by atoms with Crippen LogP contribution in [-0.4, -0.2) is 26.9 Å². The Labute approximate surface area is 207 Å². The molecule has 0 fully saturated rings. The highest BCUT2D eigenvalue weighted by Crippen LogP contribution is 2.37. The maximum absolute atomic E-state index is 13.6. The number of anilines is 1. The lowest BCUT2D eigenvalue weighted by atomic mass is 10.1. The van der Waals surface area contributed by atoms with Crippen LogP contribution in [0.25, 0.3) is 28.2 Å². The third kappa shape index (κ3) is 3.58. The van der Waals surface area contributed by atoms with Gasteiger partial charge < -0.3 is 4.90 Å². The summed E-state index contributed by atoms with van der Waals surface area (Å²) in [6.45, 7) is 2.39. The topological polar surface area (TPSA) is 98.3 Å². The number of carbonyl (C=O) groups is 1. The minimum absolute atomic E-state index is 0.148. The number of hydrogen-bond acceptors (Lipinski definition) is 5. The molecule has 0 aliphatic carbocycles. The summed E-state index contributed by atoms with van der Waals surface area (Å²) in [6, 6.07) is 18.6. The van der Waals surface area contributed by atoms with Crippen molar-refractivity contribution < 1.29 is 9.72 Å². The first-order valence-electron chi connectivity index (χ1n) is 10.5. The second-order valence-electron chi connectivity index (χ2n) is 7.67. The van der Waals surface area contributed by atoms with Crippen LogP contribution in [0.15, 0.2) is 71.5 Å². The molecular formula is C25H17IN4O4. The van der Waals surface area contributed by atoms with E-state index in [1.807, 2.05) is 37.3 Å². The molecule has 0 radical (unpaired) electrons. The Hall–Kier alpha value is -3.86. The lowest BCUT2D eigenvalue weighted by Crippen LogP contribution is -2.26. The minimum atomic E-state index is -0.514. The van der Waals surface area contributed by atoms with Crippen molar-refractivity contribution in [1.82, 2.24) is 9.55 Å². The smallest absolute Gasteiger partial charge is 0.271 e. The summed E-state index contributed by atoms with van der Waals surface area (Å²) < 4.78 is 2.18. The summed E-state index contributed by atoms with van der Waals surface area (Å²) in [5, 5.41) is 11.8. The van der Waals surface area contributed by atoms with Gasteiger partial charge in [0.1, 0.15) is 5.82 Å². The van der Waals surface area contributed by atoms with Gasteiger partial charge in [-0.2, -0.15) is 0 Å². The second kappa shape index (κ2) is 8.49. The number of para-hydroxylation sites is 1. The number of benzene rings is 3. The Bertz CT molecular complexity index is 1590. The molecule has 0 N–H and O–H groups in total. The third-order valence-corrected chi connectivity index (χ3v) is 6.38. The van der Waals surface area contributed by atoms with Crippen molar-refractivity contribution >= 4 is 62.4 Å². The van der Waals surface area contributed by atoms with E-state index in [0.717, 1.165) is 14.8 Å². The largest absolute Gasteiger partial charge is 0.308 e. The number of rotatable bonds is 4. The van der Waals surface area contributed by atoms with Gasteiger partial charge in [-0.25, -0.2) is 4.98 Å². The molecule has 2 heterocycles. The van der Waals surface area contributed by atoms with Crippen LogP contribution in [-0.2, 0) is 4.79 Å². The molecule has 0 saturated carbocycles. The van der Waals surface area contributed by atoms with Crippen molar-refractivity contribution in [2.24, 2.45) is 0 Å². The molecule has 0 bridgehead atoms. The molecule has 0 atom stereocenters. The zero-order valence-corrected chi connectivity index (χ0v) is 20.1. The molecular weight excluding hydrogens is 547 g/mol. The molecule has 34 heavy (non-hydrogen) atoms. The molecule has 168 valence electrons. The minimum Gasteiger partial charge on any atom is -0.308 e. The molecule has 9 heteroatoms. The fourth-order valence-corrected chi connectivity index (χ4v) is 4.65. The predicted molar refractivity (Wildman–Crippen MR) is 139 cm³/mol. The summed E-state index contributed by atoms with van der Waals surface area (Å²) in [5.74, 6) is 0.0292. The molecule has 0 spiro atoms. The van der Waals surface area contributed by atoms with Crippen molar-refractivity contribution in [3.63, 3.8) is 0 Å². The van der Waals surface area contributed by atoms with Gasteiger partial charge in [0.05, 0.1) is 32.8 Å². The molecule has 4 aromatic rings. The number of nitrogens with zero attached hydrogens (tertiary/aromatic N) is 4. The lowest BCUT2D eigenvalue weighted by molar-refractivity contribution is -0.384. The van der Waals surface area contributed by atoms with Crippen LogP contribution in [0.1, 0.15) is 18.3 Å². The number of nitro benzene ring substituents is 1. The van der Waals surface area contributed by atoms with Crippen LogP contribution >= 0.6 is 22.6 Å². The van der Waals surface area contributed by atoms with Crippen molar-refractivity contribution in [1.29, 1.82) is 0 Å². The highest BCUT2D eigenvalue weighted by molar-refractivity contribution is 14.1. The van der Waals surface area contributed by atoms with Gasteiger partial charge in [-0.05, 0) is 65.9 Å². The van der Waals surface area contributed by atoms with Gasteiger partial charge in [0.2, 0.25) is 0 Å². The SMILES string of the molecule is CCN1C(=O)/C(=C\c2nc3ccc(I)cc3c(=O)n2-c2cccc([N+](=O)[O-])c2)c2ccccc21. The van der Waals surface area contributed by atoms with Gasteiger partial charge in [0, 0.05) is 27.8 Å². The molecule has 3 aromatic carbocycles. The molecule has 0 saturated heterocycles. The van der Waals surface area contributed by atoms with Gasteiger partial charge >= 0.3 is 0 Å². The van der Waals surface area contributed by atoms with Gasteiger partial charge in [-0.1, -0.05) is 24.3 Å². The molecule has 0 unspecified atom stereocenters. The quantitative estimate of drug-likeness (QED) is 0.154. The van der Waals surface area contributed by atoms with E-state index in [2.05, 4.69) is 22.6 Å². The summed E-state index contributed by atoms with van der Waals surface area (Å²) in [7, 11) is 0. The van der Waals surface area contributed by atoms with Crippen molar-refractivity contribution in [2.45, 2.75) is 6.92 Å². The van der Waals surface area contributed by atoms with Gasteiger partial charge in [0.15, 0.2) is 0 Å². The number of halogens is 1. The summed E-state index contributed by atoms with van der Waals surface area (Å²) in [4.78, 5) is 44.1. The average Bonchev–Trinajstić information content (AvgIpc) is 3.10. The molecule has 1 aromatic heterocycles. The number of non-ortho nitro benzene ring substituents is 1. The standard InChI is InChI=1S/C25H17IN4O4/c1-2-28-22-9-4-3-8-18(22)19(24(28)31)14-23-27-21-11-10-15(26)12-20(21)25(32)29(23)16-6-5-7-17(13-16)30(33)34/h3-14H,2H2,1H3/b19-14-. The third-order valence-electron chi connectivity index (χ3n) is 5.71. The van der Waals surface area contributed by atoms with Crippen LogP contribution in [0, 0.1) is 13.7 Å². The Morgan fingerprint density at radius 3 is 2.62 bits per heavy atom. The van der Waals surface area contributed by atoms with Crippen molar-refractivity contribution in [3.8, 4) is 5.69 Å². The Morgan fingerprint density at radius 1 is 1.06 bits per heavy atom. The van der Waals surface area contributed by atoms with Gasteiger partial charge in [0.25, 0.3) is 17.2 Å². The van der Waals surface area contributed by atoms with E-state index in [9.17, 15) is 19.7 Å². The van der Waals surface area contributed by atoms with Crippen LogP contribution in [0.3, 0.4) is 0 Å². The molecule has 5 rings (SSSR count). The van der Waals surface area contributed by atoms with E-state index in [1.54, 1.807) is 29.2 Å². The van der Waals surface area contributed by atoms with Crippen LogP contribution < -0.4 is 10.5 Å². The average molecular weight is 564 g/mol. The first-order chi connectivity index (χ1) is 16.4. The Morgan fingerprint density at radius 2 is 1.85 bits per heavy atom. The highest BCUT2D eigenvalue weighted by atomic mass is 127. The lowest BCUT2D eigenvalue weighted by Gasteiger charge is -2.14. The zero-order valence-electron chi connectivity index (χ0n) is 17.9. The van der Waals surface area contributed by atoms with E-state index in [-0.39, 0.29) is 23.0 Å².